The lowest BCUT2D eigenvalue weighted by Crippen LogP contribution is -2.36. The third-order valence-corrected chi connectivity index (χ3v) is 4.67. The number of ether oxygens (including phenoxy) is 2. The molecule has 0 atom stereocenters. The van der Waals surface area contributed by atoms with Crippen LogP contribution in [0.5, 0.6) is 11.6 Å². The van der Waals surface area contributed by atoms with Crippen LogP contribution in [-0.2, 0) is 0 Å². The van der Waals surface area contributed by atoms with Gasteiger partial charge in [-0.25, -0.2) is 14.8 Å². The number of carbonyl (C=O) groups excluding carboxylic acids is 1. The molecule has 1 aliphatic heterocycles. The van der Waals surface area contributed by atoms with Crippen LogP contribution in [0.25, 0.3) is 11.3 Å². The van der Waals surface area contributed by atoms with Gasteiger partial charge in [-0.05, 0) is 36.8 Å². The minimum atomic E-state index is -0.305. The number of hydrogen-bond donors (Lipinski definition) is 1. The van der Waals surface area contributed by atoms with E-state index in [1.807, 2.05) is 30.3 Å². The third-order valence-electron chi connectivity index (χ3n) is 4.44. The van der Waals surface area contributed by atoms with Gasteiger partial charge >= 0.3 is 6.03 Å². The van der Waals surface area contributed by atoms with Gasteiger partial charge in [-0.2, -0.15) is 0 Å². The Hall–Kier alpha value is -3.32. The molecule has 0 aliphatic carbocycles. The molecule has 0 radical (unpaired) electrons. The number of nitrogens with zero attached hydrogens (tertiary/aromatic N) is 3. The van der Waals surface area contributed by atoms with Crippen molar-refractivity contribution in [1.29, 1.82) is 0 Å². The summed E-state index contributed by atoms with van der Waals surface area (Å²) in [6, 6.07) is 14.2. The van der Waals surface area contributed by atoms with Gasteiger partial charge in [0.05, 0.1) is 19.4 Å². The van der Waals surface area contributed by atoms with Crippen molar-refractivity contribution in [2.75, 3.05) is 30.5 Å². The minimum Gasteiger partial charge on any atom is -0.490 e. The van der Waals surface area contributed by atoms with Crippen molar-refractivity contribution < 1.29 is 14.3 Å². The Balaban J connectivity index is 1.66. The summed E-state index contributed by atoms with van der Waals surface area (Å²) in [5.41, 5.74) is 2.16. The molecule has 0 saturated carbocycles. The number of halogens is 1. The van der Waals surface area contributed by atoms with Crippen molar-refractivity contribution in [2.24, 2.45) is 0 Å². The maximum atomic E-state index is 13.0. The zero-order valence-corrected chi connectivity index (χ0v) is 16.5. The van der Waals surface area contributed by atoms with Crippen molar-refractivity contribution in [3.05, 3.63) is 59.8 Å². The third kappa shape index (κ3) is 4.25. The number of anilines is 2. The summed E-state index contributed by atoms with van der Waals surface area (Å²) in [6.45, 7) is 0.991. The minimum absolute atomic E-state index is 0.305. The largest absolute Gasteiger partial charge is 0.490 e. The van der Waals surface area contributed by atoms with Gasteiger partial charge in [0, 0.05) is 35.1 Å². The monoisotopic (exact) mass is 410 g/mol. The van der Waals surface area contributed by atoms with Crippen LogP contribution in [0, 0.1) is 0 Å². The highest BCUT2D eigenvalue weighted by Gasteiger charge is 2.24. The summed E-state index contributed by atoms with van der Waals surface area (Å²) in [4.78, 5) is 23.4. The van der Waals surface area contributed by atoms with Gasteiger partial charge in [-0.3, -0.25) is 4.90 Å². The first kappa shape index (κ1) is 19.0. The standard InChI is InChI=1S/C21H19ClN4O3/c1-28-19-13-16(8-9-23-19)24-21(27)26-10-3-11-29-18-7-6-17(25-20(18)26)14-4-2-5-15(22)12-14/h2,4-9,12-13H,3,10-11H2,1H3,(H,23,24,27). The second-order valence-electron chi connectivity index (χ2n) is 6.40. The fraction of sp³-hybridized carbons (Fsp3) is 0.190. The van der Waals surface area contributed by atoms with Crippen LogP contribution < -0.4 is 19.7 Å². The second kappa shape index (κ2) is 8.36. The van der Waals surface area contributed by atoms with Crippen LogP contribution in [0.15, 0.2) is 54.7 Å². The van der Waals surface area contributed by atoms with E-state index in [9.17, 15) is 4.79 Å². The number of methoxy groups -OCH3 is 1. The Labute approximate surface area is 173 Å². The molecule has 1 aliphatic rings. The number of nitrogens with one attached hydrogen (secondary N) is 1. The topological polar surface area (TPSA) is 76.6 Å². The summed E-state index contributed by atoms with van der Waals surface area (Å²) in [7, 11) is 1.53. The first-order valence-corrected chi connectivity index (χ1v) is 9.50. The number of urea groups is 1. The number of hydrogen-bond acceptors (Lipinski definition) is 5. The number of aromatic nitrogens is 2. The second-order valence-corrected chi connectivity index (χ2v) is 6.84. The Bertz CT molecular complexity index is 1040. The molecule has 3 heterocycles. The average Bonchev–Trinajstić information content (AvgIpc) is 2.96. The Morgan fingerprint density at radius 1 is 1.24 bits per heavy atom. The molecule has 0 saturated heterocycles. The molecular weight excluding hydrogens is 392 g/mol. The highest BCUT2D eigenvalue weighted by Crippen LogP contribution is 2.33. The lowest BCUT2D eigenvalue weighted by atomic mass is 10.1. The highest BCUT2D eigenvalue weighted by atomic mass is 35.5. The van der Waals surface area contributed by atoms with E-state index in [0.717, 1.165) is 5.56 Å². The van der Waals surface area contributed by atoms with Crippen LogP contribution in [0.4, 0.5) is 16.3 Å². The first-order chi connectivity index (χ1) is 14.1. The maximum absolute atomic E-state index is 13.0. The quantitative estimate of drug-likeness (QED) is 0.681. The lowest BCUT2D eigenvalue weighted by Gasteiger charge is -2.22. The van der Waals surface area contributed by atoms with Gasteiger partial charge in [-0.15, -0.1) is 0 Å². The molecule has 2 amide bonds. The molecule has 0 unspecified atom stereocenters. The van der Waals surface area contributed by atoms with Crippen LogP contribution in [0.3, 0.4) is 0 Å². The van der Waals surface area contributed by atoms with E-state index in [0.29, 0.717) is 53.4 Å². The highest BCUT2D eigenvalue weighted by molar-refractivity contribution is 6.30. The maximum Gasteiger partial charge on any atom is 0.327 e. The van der Waals surface area contributed by atoms with Gasteiger partial charge in [0.15, 0.2) is 11.6 Å². The predicted octanol–water partition coefficient (Wildman–Crippen LogP) is 4.63. The van der Waals surface area contributed by atoms with Crippen molar-refractivity contribution >= 4 is 29.1 Å². The Kier molecular flexibility index (Phi) is 5.48. The van der Waals surface area contributed by atoms with Crippen LogP contribution >= 0.6 is 11.6 Å². The normalized spacial score (nSPS) is 13.1. The molecule has 1 aromatic carbocycles. The summed E-state index contributed by atoms with van der Waals surface area (Å²) < 4.78 is 10.9. The van der Waals surface area contributed by atoms with Gasteiger partial charge in [0.1, 0.15) is 0 Å². The van der Waals surface area contributed by atoms with Gasteiger partial charge < -0.3 is 14.8 Å². The molecule has 4 rings (SSSR count). The Morgan fingerprint density at radius 3 is 2.97 bits per heavy atom. The molecule has 0 spiro atoms. The van der Waals surface area contributed by atoms with E-state index >= 15 is 0 Å². The van der Waals surface area contributed by atoms with Crippen molar-refractivity contribution in [2.45, 2.75) is 6.42 Å². The first-order valence-electron chi connectivity index (χ1n) is 9.12. The van der Waals surface area contributed by atoms with Crippen LogP contribution in [-0.4, -0.2) is 36.3 Å². The number of carbonyl (C=O) groups is 1. The summed E-state index contributed by atoms with van der Waals surface area (Å²) >= 11 is 6.12. The molecule has 0 bridgehead atoms. The van der Waals surface area contributed by atoms with Crippen molar-refractivity contribution in [3.8, 4) is 22.9 Å². The molecule has 1 N–H and O–H groups in total. The van der Waals surface area contributed by atoms with Gasteiger partial charge in [0.2, 0.25) is 5.88 Å². The van der Waals surface area contributed by atoms with Crippen LogP contribution in [0.2, 0.25) is 5.02 Å². The summed E-state index contributed by atoms with van der Waals surface area (Å²) in [5, 5.41) is 3.50. The number of benzene rings is 1. The number of fused-ring (bicyclic) bond motifs is 1. The number of amides is 2. The van der Waals surface area contributed by atoms with E-state index in [1.54, 1.807) is 29.3 Å². The zero-order chi connectivity index (χ0) is 20.2. The molecule has 0 fully saturated rings. The SMILES string of the molecule is COc1cc(NC(=O)N2CCCOc3ccc(-c4cccc(Cl)c4)nc32)ccn1. The molecular formula is C21H19ClN4O3. The van der Waals surface area contributed by atoms with E-state index in [1.165, 1.54) is 7.11 Å². The summed E-state index contributed by atoms with van der Waals surface area (Å²) in [6.07, 6.45) is 2.26. The molecule has 29 heavy (non-hydrogen) atoms. The molecule has 2 aromatic heterocycles. The van der Waals surface area contributed by atoms with Crippen molar-refractivity contribution in [3.63, 3.8) is 0 Å². The predicted molar refractivity (Wildman–Crippen MR) is 112 cm³/mol. The lowest BCUT2D eigenvalue weighted by molar-refractivity contribution is 0.256. The average molecular weight is 411 g/mol. The number of rotatable bonds is 3. The van der Waals surface area contributed by atoms with E-state index in [4.69, 9.17) is 26.1 Å². The van der Waals surface area contributed by atoms with E-state index in [-0.39, 0.29) is 6.03 Å². The molecule has 7 nitrogen and oxygen atoms in total. The molecule has 3 aromatic rings. The zero-order valence-electron chi connectivity index (χ0n) is 15.8. The molecule has 148 valence electrons. The van der Waals surface area contributed by atoms with E-state index in [2.05, 4.69) is 10.3 Å². The fourth-order valence-corrected chi connectivity index (χ4v) is 3.24. The van der Waals surface area contributed by atoms with E-state index < -0.39 is 0 Å². The number of pyridine rings is 2. The fourth-order valence-electron chi connectivity index (χ4n) is 3.05. The van der Waals surface area contributed by atoms with Gasteiger partial charge in [0.25, 0.3) is 0 Å². The van der Waals surface area contributed by atoms with Crippen LogP contribution in [0.1, 0.15) is 6.42 Å². The Morgan fingerprint density at radius 2 is 2.14 bits per heavy atom. The van der Waals surface area contributed by atoms with Gasteiger partial charge in [-0.1, -0.05) is 23.7 Å². The summed E-state index contributed by atoms with van der Waals surface area (Å²) in [5.74, 6) is 1.46. The molecule has 8 heteroatoms. The smallest absolute Gasteiger partial charge is 0.327 e. The van der Waals surface area contributed by atoms with Crippen molar-refractivity contribution in [1.82, 2.24) is 9.97 Å².